The lowest BCUT2D eigenvalue weighted by atomic mass is 9.88. The van der Waals surface area contributed by atoms with E-state index in [1.54, 1.807) is 0 Å². The number of allylic oxidation sites excluding steroid dienone is 1. The first-order chi connectivity index (χ1) is 30.6. The van der Waals surface area contributed by atoms with Gasteiger partial charge in [0, 0.05) is 59.3 Å². The average Bonchev–Trinajstić information content (AvgIpc) is 3.74. The van der Waals surface area contributed by atoms with Crippen LogP contribution in [0.2, 0.25) is 0 Å². The largest absolute Gasteiger partial charge is 0.354 e. The van der Waals surface area contributed by atoms with Crippen LogP contribution in [-0.2, 0) is 0 Å². The summed E-state index contributed by atoms with van der Waals surface area (Å²) in [5.74, 6) is 0.625. The third-order valence-corrected chi connectivity index (χ3v) is 12.7. The minimum atomic E-state index is 0.417. The minimum absolute atomic E-state index is 0.417. The maximum Gasteiger partial charge on any atom is 0.160 e. The second-order valence-corrected chi connectivity index (χ2v) is 16.5. The molecule has 11 rings (SSSR count). The number of thiophene rings is 1. The van der Waals surface area contributed by atoms with Crippen molar-refractivity contribution in [1.29, 1.82) is 5.41 Å². The Kier molecular flexibility index (Phi) is 9.49. The van der Waals surface area contributed by atoms with Gasteiger partial charge in [0.15, 0.2) is 5.82 Å². The maximum atomic E-state index is 9.85. The van der Waals surface area contributed by atoms with E-state index in [-0.39, 0.29) is 0 Å². The first-order valence-electron chi connectivity index (χ1n) is 20.7. The molecule has 0 atom stereocenters. The molecule has 0 bridgehead atoms. The maximum absolute atomic E-state index is 9.85. The molecule has 10 aromatic rings. The number of nitrogens with one attached hydrogen (secondary N) is 2. The zero-order chi connectivity index (χ0) is 41.4. The van der Waals surface area contributed by atoms with Gasteiger partial charge in [0.25, 0.3) is 0 Å². The Morgan fingerprint density at radius 1 is 0.452 bits per heavy atom. The molecule has 0 saturated carbocycles. The number of hydrogen-bond donors (Lipinski definition) is 2. The summed E-state index contributed by atoms with van der Waals surface area (Å²) < 4.78 is 2.59. The van der Waals surface area contributed by atoms with Crippen molar-refractivity contribution in [3.63, 3.8) is 0 Å². The van der Waals surface area contributed by atoms with E-state index in [2.05, 4.69) is 157 Å². The van der Waals surface area contributed by atoms with E-state index < -0.39 is 0 Å². The third kappa shape index (κ3) is 6.90. The van der Waals surface area contributed by atoms with E-state index in [1.165, 1.54) is 31.3 Å². The highest BCUT2D eigenvalue weighted by Crippen LogP contribution is 2.41. The van der Waals surface area contributed by atoms with Crippen LogP contribution >= 0.6 is 11.3 Å². The highest BCUT2D eigenvalue weighted by atomic mass is 32.1. The fourth-order valence-electron chi connectivity index (χ4n) is 8.48. The van der Waals surface area contributed by atoms with Gasteiger partial charge in [-0.3, -0.25) is 5.41 Å². The average molecular weight is 811 g/mol. The Balaban J connectivity index is 0.973. The van der Waals surface area contributed by atoms with Crippen LogP contribution in [0.1, 0.15) is 27.8 Å². The van der Waals surface area contributed by atoms with Gasteiger partial charge in [0.1, 0.15) is 0 Å². The molecular weight excluding hydrogens is 773 g/mol. The fraction of sp³-hybridized carbons (Fsp3) is 0. The first kappa shape index (κ1) is 37.0. The molecule has 0 radical (unpaired) electrons. The molecule has 0 fully saturated rings. The van der Waals surface area contributed by atoms with Gasteiger partial charge in [0.2, 0.25) is 0 Å². The molecule has 0 unspecified atom stereocenters. The van der Waals surface area contributed by atoms with Crippen LogP contribution < -0.4 is 5.32 Å². The molecule has 2 N–H and O–H groups in total. The van der Waals surface area contributed by atoms with Gasteiger partial charge in [-0.25, -0.2) is 9.97 Å². The lowest BCUT2D eigenvalue weighted by Gasteiger charge is -2.26. The first-order valence-corrected chi connectivity index (χ1v) is 21.5. The standard InChI is InChI=1S/C57H38N4S/c58-55(53(41-19-8-3-9-20-41)56-46-22-11-10-21-44(46)35-48(59-56)38-15-4-1-5-16-38)42-31-33-43(34-32-42)57-60-49(39-17-6-2-7-18-39)36-50(61-57)40-29-27-37(28-30-40)45-24-14-26-52-54(45)47-23-12-13-25-51(47)62-52/h1-36,58-59H/b56-53-,58-55?. The summed E-state index contributed by atoms with van der Waals surface area (Å²) in [4.78, 5) is 10.3. The molecule has 0 saturated heterocycles. The van der Waals surface area contributed by atoms with Crippen molar-refractivity contribution in [1.82, 2.24) is 15.3 Å². The van der Waals surface area contributed by atoms with Crippen molar-refractivity contribution >= 4 is 60.3 Å². The van der Waals surface area contributed by atoms with E-state index in [9.17, 15) is 5.41 Å². The van der Waals surface area contributed by atoms with Crippen molar-refractivity contribution in [3.8, 4) is 45.0 Å². The molecule has 292 valence electrons. The van der Waals surface area contributed by atoms with Crippen LogP contribution in [0.4, 0.5) is 0 Å². The van der Waals surface area contributed by atoms with E-state index in [0.29, 0.717) is 11.5 Å². The summed E-state index contributed by atoms with van der Waals surface area (Å²) in [6.45, 7) is 0. The van der Waals surface area contributed by atoms with Gasteiger partial charge in [-0.1, -0.05) is 194 Å². The van der Waals surface area contributed by atoms with Crippen LogP contribution in [0.25, 0.3) is 88.2 Å². The Morgan fingerprint density at radius 2 is 1.02 bits per heavy atom. The summed E-state index contributed by atoms with van der Waals surface area (Å²) in [6.07, 6.45) is 2.19. The molecule has 0 aliphatic carbocycles. The van der Waals surface area contributed by atoms with Crippen LogP contribution in [0.3, 0.4) is 0 Å². The Bertz CT molecular complexity index is 3350. The summed E-state index contributed by atoms with van der Waals surface area (Å²) >= 11 is 1.84. The normalized spacial score (nSPS) is 13.0. The van der Waals surface area contributed by atoms with Crippen molar-refractivity contribution in [2.45, 2.75) is 0 Å². The number of aromatic nitrogens is 2. The highest BCUT2D eigenvalue weighted by Gasteiger charge is 2.24. The van der Waals surface area contributed by atoms with Crippen molar-refractivity contribution in [3.05, 3.63) is 240 Å². The van der Waals surface area contributed by atoms with E-state index in [0.717, 1.165) is 72.9 Å². The Labute approximate surface area is 364 Å². The van der Waals surface area contributed by atoms with Gasteiger partial charge >= 0.3 is 0 Å². The molecule has 3 heterocycles. The van der Waals surface area contributed by atoms with Crippen molar-refractivity contribution < 1.29 is 0 Å². The molecule has 1 aliphatic heterocycles. The number of rotatable bonds is 8. The summed E-state index contributed by atoms with van der Waals surface area (Å²) in [6, 6.07) is 73.5. The second kappa shape index (κ2) is 15.9. The molecule has 8 aromatic carbocycles. The molecule has 1 aliphatic rings. The van der Waals surface area contributed by atoms with Crippen molar-refractivity contribution in [2.24, 2.45) is 0 Å². The predicted molar refractivity (Wildman–Crippen MR) is 261 cm³/mol. The zero-order valence-electron chi connectivity index (χ0n) is 33.6. The molecule has 0 amide bonds. The fourth-order valence-corrected chi connectivity index (χ4v) is 9.61. The Morgan fingerprint density at radius 3 is 1.76 bits per heavy atom. The van der Waals surface area contributed by atoms with Gasteiger partial charge in [-0.15, -0.1) is 11.3 Å². The minimum Gasteiger partial charge on any atom is -0.354 e. The van der Waals surface area contributed by atoms with Gasteiger partial charge in [-0.05, 0) is 52.1 Å². The predicted octanol–water partition coefficient (Wildman–Crippen LogP) is 14.6. The van der Waals surface area contributed by atoms with E-state index in [4.69, 9.17) is 9.97 Å². The van der Waals surface area contributed by atoms with E-state index >= 15 is 0 Å². The number of benzene rings is 8. The molecule has 5 heteroatoms. The number of nitrogens with zero attached hydrogens (tertiary/aromatic N) is 2. The van der Waals surface area contributed by atoms with E-state index in [1.807, 2.05) is 78.1 Å². The topological polar surface area (TPSA) is 61.7 Å². The van der Waals surface area contributed by atoms with Crippen molar-refractivity contribution in [2.75, 3.05) is 0 Å². The monoisotopic (exact) mass is 810 g/mol. The zero-order valence-corrected chi connectivity index (χ0v) is 34.4. The lowest BCUT2D eigenvalue weighted by molar-refractivity contribution is 1.18. The van der Waals surface area contributed by atoms with Gasteiger partial charge in [-0.2, -0.15) is 0 Å². The Hall–Kier alpha value is -7.99. The van der Waals surface area contributed by atoms with Crippen LogP contribution in [0, 0.1) is 5.41 Å². The SMILES string of the molecule is N=C(/C(=C1\NC(c2ccccc2)=Cc2ccccc21)c1ccccc1)c1ccc(-c2nc(-c3ccccc3)cc(-c3ccc(-c4cccc5sc6ccccc6c45)cc3)n2)cc1. The molecular formula is C57H38N4S. The summed E-state index contributed by atoms with van der Waals surface area (Å²) in [5.41, 5.74) is 15.1. The smallest absolute Gasteiger partial charge is 0.160 e. The summed E-state index contributed by atoms with van der Waals surface area (Å²) in [7, 11) is 0. The van der Waals surface area contributed by atoms with Gasteiger partial charge < -0.3 is 5.32 Å². The summed E-state index contributed by atoms with van der Waals surface area (Å²) in [5, 5.41) is 16.2. The third-order valence-electron chi connectivity index (χ3n) is 11.6. The van der Waals surface area contributed by atoms with Crippen LogP contribution in [0.15, 0.2) is 212 Å². The molecule has 2 aromatic heterocycles. The molecule has 4 nitrogen and oxygen atoms in total. The van der Waals surface area contributed by atoms with Crippen LogP contribution in [-0.4, -0.2) is 15.7 Å². The molecule has 62 heavy (non-hydrogen) atoms. The lowest BCUT2D eigenvalue weighted by Crippen LogP contribution is -2.20. The number of fused-ring (bicyclic) bond motifs is 4. The second-order valence-electron chi connectivity index (χ2n) is 15.4. The molecule has 0 spiro atoms. The highest BCUT2D eigenvalue weighted by molar-refractivity contribution is 7.25. The van der Waals surface area contributed by atoms with Crippen LogP contribution in [0.5, 0.6) is 0 Å². The number of hydrogen-bond acceptors (Lipinski definition) is 5. The quantitative estimate of drug-likeness (QED) is 0.150. The van der Waals surface area contributed by atoms with Gasteiger partial charge in [0.05, 0.1) is 22.8 Å².